The lowest BCUT2D eigenvalue weighted by atomic mass is 10.2. The van der Waals surface area contributed by atoms with Crippen LogP contribution < -0.4 is 5.32 Å². The summed E-state index contributed by atoms with van der Waals surface area (Å²) in [5.74, 6) is -1.37. The van der Waals surface area contributed by atoms with E-state index in [1.54, 1.807) is 48.5 Å². The monoisotopic (exact) mass is 401 g/mol. The highest BCUT2D eigenvalue weighted by Crippen LogP contribution is 2.25. The Hall–Kier alpha value is -1.37. The zero-order chi connectivity index (χ0) is 16.2. The van der Waals surface area contributed by atoms with Crippen LogP contribution in [0.4, 0.5) is 5.69 Å². The Bertz CT molecular complexity index is 779. The summed E-state index contributed by atoms with van der Waals surface area (Å²) in [6, 6.07) is 13.7. The van der Waals surface area contributed by atoms with Crippen LogP contribution in [0.3, 0.4) is 0 Å². The summed E-state index contributed by atoms with van der Waals surface area (Å²) in [6.07, 6.45) is 0. The van der Waals surface area contributed by atoms with Crippen molar-refractivity contribution < 1.29 is 13.2 Å². The number of amides is 1. The Balaban J connectivity index is 2.02. The van der Waals surface area contributed by atoms with Gasteiger partial charge in [-0.2, -0.15) is 0 Å². The summed E-state index contributed by atoms with van der Waals surface area (Å²) in [4.78, 5) is 11.9. The van der Waals surface area contributed by atoms with Crippen LogP contribution in [0, 0.1) is 0 Å². The van der Waals surface area contributed by atoms with Crippen molar-refractivity contribution in [3.8, 4) is 0 Å². The molecule has 2 aromatic carbocycles. The van der Waals surface area contributed by atoms with Crippen molar-refractivity contribution in [2.75, 3.05) is 11.1 Å². The molecule has 116 valence electrons. The van der Waals surface area contributed by atoms with Crippen LogP contribution in [0.5, 0.6) is 0 Å². The SMILES string of the molecule is O=C(CS(=O)(=O)Cc1ccccc1)Nc1ccc(Br)cc1Cl. The van der Waals surface area contributed by atoms with Crippen LogP contribution in [-0.4, -0.2) is 20.1 Å². The number of carbonyl (C=O) groups excluding carboxylic acids is 1. The molecule has 4 nitrogen and oxygen atoms in total. The second kappa shape index (κ2) is 7.26. The molecule has 0 radical (unpaired) electrons. The van der Waals surface area contributed by atoms with Gasteiger partial charge in [-0.3, -0.25) is 4.79 Å². The molecule has 0 bridgehead atoms. The maximum absolute atomic E-state index is 12.0. The molecule has 0 aromatic heterocycles. The smallest absolute Gasteiger partial charge is 0.239 e. The molecule has 7 heteroatoms. The maximum atomic E-state index is 12.0. The van der Waals surface area contributed by atoms with Crippen LogP contribution >= 0.6 is 27.5 Å². The zero-order valence-electron chi connectivity index (χ0n) is 11.4. The van der Waals surface area contributed by atoms with Gasteiger partial charge < -0.3 is 5.32 Å². The minimum absolute atomic E-state index is 0.171. The van der Waals surface area contributed by atoms with Gasteiger partial charge in [-0.05, 0) is 23.8 Å². The summed E-state index contributed by atoms with van der Waals surface area (Å²) in [7, 11) is -3.54. The third-order valence-corrected chi connectivity index (χ3v) is 5.07. The summed E-state index contributed by atoms with van der Waals surface area (Å²) in [5, 5.41) is 2.84. The number of hydrogen-bond acceptors (Lipinski definition) is 3. The largest absolute Gasteiger partial charge is 0.324 e. The van der Waals surface area contributed by atoms with Crippen molar-refractivity contribution in [2.45, 2.75) is 5.75 Å². The highest BCUT2D eigenvalue weighted by molar-refractivity contribution is 9.10. The lowest BCUT2D eigenvalue weighted by molar-refractivity contribution is -0.113. The van der Waals surface area contributed by atoms with Gasteiger partial charge in [0.15, 0.2) is 9.84 Å². The summed E-state index contributed by atoms with van der Waals surface area (Å²) in [5.41, 5.74) is 1.03. The molecule has 0 saturated heterocycles. The third-order valence-electron chi connectivity index (χ3n) is 2.79. The Morgan fingerprint density at radius 2 is 1.82 bits per heavy atom. The fraction of sp³-hybridized carbons (Fsp3) is 0.133. The Kier molecular flexibility index (Phi) is 5.61. The molecule has 0 saturated carbocycles. The quantitative estimate of drug-likeness (QED) is 0.830. The third kappa shape index (κ3) is 5.12. The lowest BCUT2D eigenvalue weighted by Gasteiger charge is -2.08. The van der Waals surface area contributed by atoms with Crippen LogP contribution in [0.2, 0.25) is 5.02 Å². The molecule has 0 unspecified atom stereocenters. The standard InChI is InChI=1S/C15H13BrClNO3S/c16-12-6-7-14(13(17)8-12)18-15(19)10-22(20,21)9-11-4-2-1-3-5-11/h1-8H,9-10H2,(H,18,19). The molecular weight excluding hydrogens is 390 g/mol. The molecule has 2 rings (SSSR count). The molecule has 0 aliphatic rings. The fourth-order valence-electron chi connectivity index (χ4n) is 1.86. The lowest BCUT2D eigenvalue weighted by Crippen LogP contribution is -2.24. The van der Waals surface area contributed by atoms with E-state index in [4.69, 9.17) is 11.6 Å². The van der Waals surface area contributed by atoms with Gasteiger partial charge in [0, 0.05) is 4.47 Å². The van der Waals surface area contributed by atoms with Crippen molar-refractivity contribution in [1.29, 1.82) is 0 Å². The number of sulfone groups is 1. The second-order valence-corrected chi connectivity index (χ2v) is 8.08. The molecule has 0 heterocycles. The average molecular weight is 403 g/mol. The normalized spacial score (nSPS) is 11.2. The van der Waals surface area contributed by atoms with Crippen LogP contribution in [0.15, 0.2) is 53.0 Å². The van der Waals surface area contributed by atoms with E-state index in [2.05, 4.69) is 21.2 Å². The molecule has 0 aliphatic heterocycles. The molecule has 0 fully saturated rings. The second-order valence-electron chi connectivity index (χ2n) is 4.69. The van der Waals surface area contributed by atoms with Crippen molar-refractivity contribution in [3.05, 3.63) is 63.6 Å². The van der Waals surface area contributed by atoms with E-state index in [1.165, 1.54) is 0 Å². The Morgan fingerprint density at radius 1 is 1.14 bits per heavy atom. The molecule has 1 N–H and O–H groups in total. The van der Waals surface area contributed by atoms with Crippen LogP contribution in [0.25, 0.3) is 0 Å². The minimum Gasteiger partial charge on any atom is -0.324 e. The fourth-order valence-corrected chi connectivity index (χ4v) is 3.85. The molecule has 2 aromatic rings. The number of benzene rings is 2. The predicted molar refractivity (Wildman–Crippen MR) is 91.7 cm³/mol. The summed E-state index contributed by atoms with van der Waals surface area (Å²) >= 11 is 9.24. The first kappa shape index (κ1) is 17.0. The van der Waals surface area contributed by atoms with Gasteiger partial charge in [-0.25, -0.2) is 8.42 Å². The van der Waals surface area contributed by atoms with Gasteiger partial charge >= 0.3 is 0 Å². The topological polar surface area (TPSA) is 63.2 Å². The number of halogens is 2. The Morgan fingerprint density at radius 3 is 2.45 bits per heavy atom. The number of anilines is 1. The van der Waals surface area contributed by atoms with Gasteiger partial charge in [0.2, 0.25) is 5.91 Å². The van der Waals surface area contributed by atoms with E-state index in [0.717, 1.165) is 4.47 Å². The van der Waals surface area contributed by atoms with Gasteiger partial charge in [-0.1, -0.05) is 57.9 Å². The van der Waals surface area contributed by atoms with Gasteiger partial charge in [0.05, 0.1) is 16.5 Å². The number of rotatable bonds is 5. The Labute approximate surface area is 142 Å². The average Bonchev–Trinajstić information content (AvgIpc) is 2.42. The molecule has 0 atom stereocenters. The summed E-state index contributed by atoms with van der Waals surface area (Å²) < 4.78 is 24.8. The van der Waals surface area contributed by atoms with Gasteiger partial charge in [0.1, 0.15) is 5.75 Å². The number of nitrogens with one attached hydrogen (secondary N) is 1. The summed E-state index contributed by atoms with van der Waals surface area (Å²) in [6.45, 7) is 0. The van der Waals surface area contributed by atoms with Crippen LogP contribution in [-0.2, 0) is 20.4 Å². The van der Waals surface area contributed by atoms with E-state index < -0.39 is 21.5 Å². The minimum atomic E-state index is -3.54. The first-order valence-electron chi connectivity index (χ1n) is 6.35. The molecule has 0 spiro atoms. The molecule has 1 amide bonds. The number of carbonyl (C=O) groups is 1. The highest BCUT2D eigenvalue weighted by Gasteiger charge is 2.18. The van der Waals surface area contributed by atoms with E-state index in [1.807, 2.05) is 0 Å². The van der Waals surface area contributed by atoms with Crippen molar-refractivity contribution in [3.63, 3.8) is 0 Å². The highest BCUT2D eigenvalue weighted by atomic mass is 79.9. The molecular formula is C15H13BrClNO3S. The van der Waals surface area contributed by atoms with E-state index >= 15 is 0 Å². The van der Waals surface area contributed by atoms with E-state index in [9.17, 15) is 13.2 Å². The molecule has 0 aliphatic carbocycles. The van der Waals surface area contributed by atoms with Crippen molar-refractivity contribution in [1.82, 2.24) is 0 Å². The van der Waals surface area contributed by atoms with Gasteiger partial charge in [0.25, 0.3) is 0 Å². The van der Waals surface area contributed by atoms with Crippen molar-refractivity contribution >= 4 is 49.0 Å². The zero-order valence-corrected chi connectivity index (χ0v) is 14.6. The van der Waals surface area contributed by atoms with Gasteiger partial charge in [-0.15, -0.1) is 0 Å². The number of hydrogen-bond donors (Lipinski definition) is 1. The first-order valence-corrected chi connectivity index (χ1v) is 9.34. The maximum Gasteiger partial charge on any atom is 0.239 e. The van der Waals surface area contributed by atoms with E-state index in [0.29, 0.717) is 16.3 Å². The van der Waals surface area contributed by atoms with Crippen molar-refractivity contribution in [2.24, 2.45) is 0 Å². The molecule has 22 heavy (non-hydrogen) atoms. The first-order chi connectivity index (χ1) is 10.4. The predicted octanol–water partition coefficient (Wildman–Crippen LogP) is 3.66. The van der Waals surface area contributed by atoms with E-state index in [-0.39, 0.29) is 5.75 Å². The van der Waals surface area contributed by atoms with Crippen LogP contribution in [0.1, 0.15) is 5.56 Å².